The summed E-state index contributed by atoms with van der Waals surface area (Å²) in [6, 6.07) is 10.2. The third-order valence-corrected chi connectivity index (χ3v) is 6.62. The second-order valence-corrected chi connectivity index (χ2v) is 8.67. The van der Waals surface area contributed by atoms with Crippen molar-refractivity contribution in [1.82, 2.24) is 20.0 Å². The number of nitrogen functional groups attached to an aromatic ring is 1. The van der Waals surface area contributed by atoms with Gasteiger partial charge in [-0.25, -0.2) is 4.68 Å². The SMILES string of the molecule is CN=C(NCCCc1nn(-c2ccc(C)cc2)c(N)c1C#N)N1CCC2(CCC2)C1.I. The van der Waals surface area contributed by atoms with Gasteiger partial charge in [-0.1, -0.05) is 24.1 Å². The van der Waals surface area contributed by atoms with Crippen LogP contribution in [0.25, 0.3) is 5.69 Å². The summed E-state index contributed by atoms with van der Waals surface area (Å²) in [6.07, 6.45) is 6.94. The van der Waals surface area contributed by atoms with E-state index >= 15 is 0 Å². The highest BCUT2D eigenvalue weighted by atomic mass is 127. The average molecular weight is 533 g/mol. The molecule has 1 aliphatic heterocycles. The maximum absolute atomic E-state index is 9.58. The Hall–Kier alpha value is -2.28. The van der Waals surface area contributed by atoms with E-state index in [1.54, 1.807) is 4.68 Å². The monoisotopic (exact) mass is 533 g/mol. The van der Waals surface area contributed by atoms with Crippen molar-refractivity contribution in [2.45, 2.75) is 45.4 Å². The molecule has 0 radical (unpaired) electrons. The molecule has 1 saturated heterocycles. The summed E-state index contributed by atoms with van der Waals surface area (Å²) in [5, 5.41) is 17.7. The summed E-state index contributed by atoms with van der Waals surface area (Å²) < 4.78 is 1.67. The molecule has 0 atom stereocenters. The van der Waals surface area contributed by atoms with Gasteiger partial charge in [0.15, 0.2) is 5.96 Å². The first-order chi connectivity index (χ1) is 14.5. The third kappa shape index (κ3) is 4.81. The minimum atomic E-state index is 0. The zero-order valence-electron chi connectivity index (χ0n) is 18.4. The molecule has 0 unspecified atom stereocenters. The number of nitriles is 1. The normalized spacial score (nSPS) is 17.2. The predicted molar refractivity (Wildman–Crippen MR) is 135 cm³/mol. The van der Waals surface area contributed by atoms with Gasteiger partial charge in [0, 0.05) is 26.7 Å². The molecule has 0 amide bonds. The summed E-state index contributed by atoms with van der Waals surface area (Å²) in [7, 11) is 1.85. The summed E-state index contributed by atoms with van der Waals surface area (Å²) in [6.45, 7) is 5.05. The van der Waals surface area contributed by atoms with Crippen molar-refractivity contribution in [3.8, 4) is 11.8 Å². The Morgan fingerprint density at radius 1 is 1.29 bits per heavy atom. The lowest BCUT2D eigenvalue weighted by Crippen LogP contribution is -2.42. The molecule has 2 heterocycles. The number of anilines is 1. The quantitative estimate of drug-likeness (QED) is 0.265. The molecule has 166 valence electrons. The molecule has 1 aromatic carbocycles. The van der Waals surface area contributed by atoms with Crippen molar-refractivity contribution in [2.75, 3.05) is 32.4 Å². The molecule has 1 aliphatic carbocycles. The number of hydrogen-bond acceptors (Lipinski definition) is 4. The number of benzene rings is 1. The highest BCUT2D eigenvalue weighted by Gasteiger charge is 2.43. The van der Waals surface area contributed by atoms with E-state index in [0.29, 0.717) is 23.2 Å². The molecular weight excluding hydrogens is 501 g/mol. The molecule has 31 heavy (non-hydrogen) atoms. The molecule has 2 aromatic rings. The first kappa shape index (κ1) is 23.4. The van der Waals surface area contributed by atoms with Gasteiger partial charge in [0.1, 0.15) is 17.5 Å². The molecule has 4 rings (SSSR count). The average Bonchev–Trinajstić information content (AvgIpc) is 3.31. The maximum atomic E-state index is 9.58. The molecule has 1 aromatic heterocycles. The van der Waals surface area contributed by atoms with Gasteiger partial charge in [-0.2, -0.15) is 10.4 Å². The lowest BCUT2D eigenvalue weighted by atomic mass is 9.68. The lowest BCUT2D eigenvalue weighted by Gasteiger charge is -2.38. The van der Waals surface area contributed by atoms with E-state index < -0.39 is 0 Å². The van der Waals surface area contributed by atoms with Crippen molar-refractivity contribution in [2.24, 2.45) is 10.4 Å². The number of guanidine groups is 1. The Morgan fingerprint density at radius 2 is 2.03 bits per heavy atom. The highest BCUT2D eigenvalue weighted by molar-refractivity contribution is 14.0. The number of hydrogen-bond donors (Lipinski definition) is 2. The summed E-state index contributed by atoms with van der Waals surface area (Å²) in [5.74, 6) is 1.40. The minimum Gasteiger partial charge on any atom is -0.382 e. The number of nitrogens with two attached hydrogens (primary N) is 1. The number of rotatable bonds is 5. The molecule has 1 saturated carbocycles. The summed E-state index contributed by atoms with van der Waals surface area (Å²) >= 11 is 0. The number of aromatic nitrogens is 2. The molecule has 3 N–H and O–H groups in total. The molecule has 7 nitrogen and oxygen atoms in total. The van der Waals surface area contributed by atoms with Crippen molar-refractivity contribution < 1.29 is 0 Å². The third-order valence-electron chi connectivity index (χ3n) is 6.62. The smallest absolute Gasteiger partial charge is 0.193 e. The first-order valence-electron chi connectivity index (χ1n) is 10.9. The number of aryl methyl sites for hydroxylation is 2. The van der Waals surface area contributed by atoms with Crippen LogP contribution in [0.15, 0.2) is 29.3 Å². The minimum absolute atomic E-state index is 0. The summed E-state index contributed by atoms with van der Waals surface area (Å²) in [5.41, 5.74) is 10.1. The van der Waals surface area contributed by atoms with Crippen molar-refractivity contribution in [3.05, 3.63) is 41.1 Å². The van der Waals surface area contributed by atoms with E-state index in [4.69, 9.17) is 5.73 Å². The van der Waals surface area contributed by atoms with Gasteiger partial charge in [0.05, 0.1) is 11.4 Å². The number of nitrogens with one attached hydrogen (secondary N) is 1. The van der Waals surface area contributed by atoms with Crippen LogP contribution in [0.4, 0.5) is 5.82 Å². The molecule has 0 bridgehead atoms. The molecule has 8 heteroatoms. The second-order valence-electron chi connectivity index (χ2n) is 8.67. The fourth-order valence-electron chi connectivity index (χ4n) is 4.65. The van der Waals surface area contributed by atoms with Crippen molar-refractivity contribution in [3.63, 3.8) is 0 Å². The van der Waals surface area contributed by atoms with Crippen LogP contribution in [0.3, 0.4) is 0 Å². The van der Waals surface area contributed by atoms with Crippen LogP contribution in [0.2, 0.25) is 0 Å². The Balaban J connectivity index is 0.00000272. The van der Waals surface area contributed by atoms with E-state index in [1.807, 2.05) is 38.2 Å². The van der Waals surface area contributed by atoms with E-state index in [0.717, 1.165) is 43.4 Å². The van der Waals surface area contributed by atoms with Crippen LogP contribution >= 0.6 is 24.0 Å². The second kappa shape index (κ2) is 9.90. The standard InChI is InChI=1S/C23H31N7.HI/c1-17-6-8-18(9-7-17)30-21(25)19(15-24)20(28-30)5-3-13-27-22(26-2)29-14-12-23(16-29)10-4-11-23;/h6-9H,3-5,10-14,16,25H2,1-2H3,(H,26,27);1H. The molecule has 2 aliphatic rings. The summed E-state index contributed by atoms with van der Waals surface area (Å²) in [4.78, 5) is 6.87. The predicted octanol–water partition coefficient (Wildman–Crippen LogP) is 3.64. The van der Waals surface area contributed by atoms with Gasteiger partial charge < -0.3 is 16.0 Å². The van der Waals surface area contributed by atoms with Gasteiger partial charge in [-0.05, 0) is 56.6 Å². The zero-order chi connectivity index (χ0) is 21.1. The fourth-order valence-corrected chi connectivity index (χ4v) is 4.65. The van der Waals surface area contributed by atoms with Crippen LogP contribution in [-0.4, -0.2) is 47.3 Å². The Bertz CT molecular complexity index is 967. The van der Waals surface area contributed by atoms with Gasteiger partial charge in [0.25, 0.3) is 0 Å². The van der Waals surface area contributed by atoms with E-state index in [-0.39, 0.29) is 24.0 Å². The molecule has 2 fully saturated rings. The fraction of sp³-hybridized carbons (Fsp3) is 0.522. The van der Waals surface area contributed by atoms with Crippen LogP contribution in [0.5, 0.6) is 0 Å². The van der Waals surface area contributed by atoms with Crippen molar-refractivity contribution in [1.29, 1.82) is 5.26 Å². The number of halogens is 1. The number of nitrogens with zero attached hydrogens (tertiary/aromatic N) is 5. The van der Waals surface area contributed by atoms with Crippen LogP contribution in [0.1, 0.15) is 48.9 Å². The van der Waals surface area contributed by atoms with E-state index in [1.165, 1.54) is 31.2 Å². The van der Waals surface area contributed by atoms with Gasteiger partial charge in [-0.3, -0.25) is 4.99 Å². The topological polar surface area (TPSA) is 95.3 Å². The van der Waals surface area contributed by atoms with Gasteiger partial charge >= 0.3 is 0 Å². The lowest BCUT2D eigenvalue weighted by molar-refractivity contribution is 0.151. The van der Waals surface area contributed by atoms with Gasteiger partial charge in [-0.15, -0.1) is 24.0 Å². The van der Waals surface area contributed by atoms with Crippen LogP contribution < -0.4 is 11.1 Å². The highest BCUT2D eigenvalue weighted by Crippen LogP contribution is 2.47. The van der Waals surface area contributed by atoms with Crippen molar-refractivity contribution >= 4 is 35.8 Å². The zero-order valence-corrected chi connectivity index (χ0v) is 20.7. The number of aliphatic imine (C=N–C) groups is 1. The van der Waals surface area contributed by atoms with E-state index in [9.17, 15) is 5.26 Å². The number of likely N-dealkylation sites (tertiary alicyclic amines) is 1. The van der Waals surface area contributed by atoms with Crippen LogP contribution in [-0.2, 0) is 6.42 Å². The Morgan fingerprint density at radius 3 is 2.61 bits per heavy atom. The maximum Gasteiger partial charge on any atom is 0.193 e. The molecule has 1 spiro atoms. The largest absolute Gasteiger partial charge is 0.382 e. The van der Waals surface area contributed by atoms with E-state index in [2.05, 4.69) is 26.4 Å². The van der Waals surface area contributed by atoms with Crippen LogP contribution in [0, 0.1) is 23.7 Å². The molecular formula is C23H32IN7. The van der Waals surface area contributed by atoms with Gasteiger partial charge in [0.2, 0.25) is 0 Å². The Labute approximate surface area is 201 Å². The first-order valence-corrected chi connectivity index (χ1v) is 10.9. The Kier molecular flexibility index (Phi) is 7.46.